The number of hydrogen-bond donors (Lipinski definition) is 0. The van der Waals surface area contributed by atoms with Crippen LogP contribution >= 0.6 is 0 Å². The molecule has 1 unspecified atom stereocenters. The van der Waals surface area contributed by atoms with E-state index in [-0.39, 0.29) is 12.0 Å². The first-order valence-corrected chi connectivity index (χ1v) is 5.06. The first-order chi connectivity index (χ1) is 7.18. The molecule has 1 fully saturated rings. The van der Waals surface area contributed by atoms with Crippen molar-refractivity contribution in [2.45, 2.75) is 13.0 Å². The van der Waals surface area contributed by atoms with Crippen molar-refractivity contribution < 1.29 is 9.53 Å². The Morgan fingerprint density at radius 3 is 3.07 bits per heavy atom. The fraction of sp³-hybridized carbons (Fsp3) is 0.600. The van der Waals surface area contributed by atoms with Crippen LogP contribution in [0.15, 0.2) is 12.4 Å². The minimum atomic E-state index is -0.0161. The van der Waals surface area contributed by atoms with E-state index in [1.165, 1.54) is 0 Å². The number of aromatic nitrogens is 2. The van der Waals surface area contributed by atoms with E-state index in [1.54, 1.807) is 21.9 Å². The largest absolute Gasteiger partial charge is 0.375 e. The highest BCUT2D eigenvalue weighted by molar-refractivity contribution is 5.90. The average Bonchev–Trinajstić information content (AvgIpc) is 2.63. The highest BCUT2D eigenvalue weighted by atomic mass is 16.5. The van der Waals surface area contributed by atoms with Crippen LogP contribution in [0.4, 0.5) is 0 Å². The molecule has 1 aliphatic heterocycles. The van der Waals surface area contributed by atoms with Gasteiger partial charge in [-0.15, -0.1) is 0 Å². The summed E-state index contributed by atoms with van der Waals surface area (Å²) in [7, 11) is 1.82. The molecule has 0 bridgehead atoms. The molecule has 1 saturated heterocycles. The summed E-state index contributed by atoms with van der Waals surface area (Å²) < 4.78 is 7.12. The fourth-order valence-electron chi connectivity index (χ4n) is 1.72. The molecule has 1 aromatic heterocycles. The number of amides is 1. The van der Waals surface area contributed by atoms with E-state index in [4.69, 9.17) is 4.74 Å². The normalized spacial score (nSPS) is 21.7. The molecule has 0 saturated carbocycles. The SMILES string of the molecule is CC1CN(C(=O)c2nccn2C)CCO1. The monoisotopic (exact) mass is 209 g/mol. The number of morpholine rings is 1. The lowest BCUT2D eigenvalue weighted by atomic mass is 10.3. The Bertz CT molecular complexity index is 361. The molecule has 1 aliphatic rings. The van der Waals surface area contributed by atoms with Crippen molar-refractivity contribution in [1.29, 1.82) is 0 Å². The summed E-state index contributed by atoms with van der Waals surface area (Å²) >= 11 is 0. The lowest BCUT2D eigenvalue weighted by molar-refractivity contribution is -0.0130. The van der Waals surface area contributed by atoms with Gasteiger partial charge in [-0.3, -0.25) is 4.79 Å². The van der Waals surface area contributed by atoms with Crippen molar-refractivity contribution in [2.75, 3.05) is 19.7 Å². The summed E-state index contributed by atoms with van der Waals surface area (Å²) in [5, 5.41) is 0. The molecule has 15 heavy (non-hydrogen) atoms. The Labute approximate surface area is 88.7 Å². The van der Waals surface area contributed by atoms with E-state index < -0.39 is 0 Å². The maximum Gasteiger partial charge on any atom is 0.290 e. The molecule has 2 rings (SSSR count). The van der Waals surface area contributed by atoms with Crippen LogP contribution in [0, 0.1) is 0 Å². The van der Waals surface area contributed by atoms with E-state index in [0.29, 0.717) is 25.5 Å². The van der Waals surface area contributed by atoms with Gasteiger partial charge in [0.2, 0.25) is 0 Å². The lowest BCUT2D eigenvalue weighted by Gasteiger charge is -2.30. The quantitative estimate of drug-likeness (QED) is 0.667. The van der Waals surface area contributed by atoms with Crippen LogP contribution < -0.4 is 0 Å². The smallest absolute Gasteiger partial charge is 0.290 e. The molecule has 0 spiro atoms. The predicted octanol–water partition coefficient (Wildman–Crippen LogP) is 0.281. The van der Waals surface area contributed by atoms with Gasteiger partial charge in [-0.1, -0.05) is 0 Å². The van der Waals surface area contributed by atoms with E-state index in [2.05, 4.69) is 4.98 Å². The number of carbonyl (C=O) groups excluding carboxylic acids is 1. The average molecular weight is 209 g/mol. The van der Waals surface area contributed by atoms with Crippen molar-refractivity contribution >= 4 is 5.91 Å². The molecule has 1 amide bonds. The van der Waals surface area contributed by atoms with Crippen LogP contribution in [-0.2, 0) is 11.8 Å². The van der Waals surface area contributed by atoms with Gasteiger partial charge in [0.15, 0.2) is 5.82 Å². The van der Waals surface area contributed by atoms with Crippen molar-refractivity contribution in [3.05, 3.63) is 18.2 Å². The number of rotatable bonds is 1. The molecule has 2 heterocycles. The zero-order valence-electron chi connectivity index (χ0n) is 9.01. The van der Waals surface area contributed by atoms with Gasteiger partial charge in [-0.2, -0.15) is 0 Å². The first-order valence-electron chi connectivity index (χ1n) is 5.06. The maximum atomic E-state index is 12.0. The molecule has 1 atom stereocenters. The van der Waals surface area contributed by atoms with Crippen LogP contribution in [-0.4, -0.2) is 46.2 Å². The lowest BCUT2D eigenvalue weighted by Crippen LogP contribution is -2.45. The van der Waals surface area contributed by atoms with E-state index in [0.717, 1.165) is 0 Å². The highest BCUT2D eigenvalue weighted by Crippen LogP contribution is 2.08. The molecule has 0 aromatic carbocycles. The third-order valence-electron chi connectivity index (χ3n) is 2.54. The van der Waals surface area contributed by atoms with E-state index >= 15 is 0 Å². The number of ether oxygens (including phenoxy) is 1. The van der Waals surface area contributed by atoms with E-state index in [1.807, 2.05) is 14.0 Å². The molecular formula is C10H15N3O2. The van der Waals surface area contributed by atoms with Crippen molar-refractivity contribution in [3.8, 4) is 0 Å². The van der Waals surface area contributed by atoms with Gasteiger partial charge in [-0.25, -0.2) is 4.98 Å². The summed E-state index contributed by atoms with van der Waals surface area (Å²) in [6, 6.07) is 0. The second-order valence-electron chi connectivity index (χ2n) is 3.79. The van der Waals surface area contributed by atoms with Gasteiger partial charge in [-0.05, 0) is 6.92 Å². The first kappa shape index (κ1) is 10.2. The molecule has 5 nitrogen and oxygen atoms in total. The predicted molar refractivity (Wildman–Crippen MR) is 54.5 cm³/mol. The standard InChI is InChI=1S/C10H15N3O2/c1-8-7-13(5-6-15-8)10(14)9-11-3-4-12(9)2/h3-4,8H,5-7H2,1-2H3. The molecule has 5 heteroatoms. The molecule has 0 radical (unpaired) electrons. The zero-order valence-corrected chi connectivity index (χ0v) is 9.01. The second kappa shape index (κ2) is 4.02. The molecule has 0 aliphatic carbocycles. The second-order valence-corrected chi connectivity index (χ2v) is 3.79. The molecular weight excluding hydrogens is 194 g/mol. The van der Waals surface area contributed by atoms with Gasteiger partial charge in [0.1, 0.15) is 0 Å². The molecule has 0 N–H and O–H groups in total. The minimum absolute atomic E-state index is 0.0161. The number of aryl methyl sites for hydroxylation is 1. The minimum Gasteiger partial charge on any atom is -0.375 e. The summed E-state index contributed by atoms with van der Waals surface area (Å²) in [6.45, 7) is 3.87. The van der Waals surface area contributed by atoms with Crippen molar-refractivity contribution in [1.82, 2.24) is 14.5 Å². The zero-order chi connectivity index (χ0) is 10.8. The maximum absolute atomic E-state index is 12.0. The third-order valence-corrected chi connectivity index (χ3v) is 2.54. The third kappa shape index (κ3) is 2.02. The number of imidazole rings is 1. The number of carbonyl (C=O) groups is 1. The van der Waals surface area contributed by atoms with Crippen LogP contribution in [0.25, 0.3) is 0 Å². The van der Waals surface area contributed by atoms with Gasteiger partial charge in [0.25, 0.3) is 5.91 Å². The Kier molecular flexibility index (Phi) is 2.73. The number of hydrogen-bond acceptors (Lipinski definition) is 3. The number of nitrogens with zero attached hydrogens (tertiary/aromatic N) is 3. The summed E-state index contributed by atoms with van der Waals surface area (Å²) in [5.74, 6) is 0.474. The Hall–Kier alpha value is -1.36. The van der Waals surface area contributed by atoms with Crippen molar-refractivity contribution in [3.63, 3.8) is 0 Å². The Balaban J connectivity index is 2.11. The molecule has 82 valence electrons. The highest BCUT2D eigenvalue weighted by Gasteiger charge is 2.24. The van der Waals surface area contributed by atoms with Crippen LogP contribution in [0.2, 0.25) is 0 Å². The summed E-state index contributed by atoms with van der Waals surface area (Å²) in [5.41, 5.74) is 0. The Morgan fingerprint density at radius 2 is 2.47 bits per heavy atom. The fourth-order valence-corrected chi connectivity index (χ4v) is 1.72. The summed E-state index contributed by atoms with van der Waals surface area (Å²) in [6.07, 6.45) is 3.52. The van der Waals surface area contributed by atoms with Crippen LogP contribution in [0.1, 0.15) is 17.5 Å². The summed E-state index contributed by atoms with van der Waals surface area (Å²) in [4.78, 5) is 17.8. The van der Waals surface area contributed by atoms with Crippen molar-refractivity contribution in [2.24, 2.45) is 7.05 Å². The van der Waals surface area contributed by atoms with Crippen LogP contribution in [0.5, 0.6) is 0 Å². The van der Waals surface area contributed by atoms with Crippen LogP contribution in [0.3, 0.4) is 0 Å². The van der Waals surface area contributed by atoms with Gasteiger partial charge in [0, 0.05) is 32.5 Å². The Morgan fingerprint density at radius 1 is 1.67 bits per heavy atom. The molecule has 1 aromatic rings. The van der Waals surface area contributed by atoms with E-state index in [9.17, 15) is 4.79 Å². The topological polar surface area (TPSA) is 47.4 Å². The van der Waals surface area contributed by atoms with Gasteiger partial charge >= 0.3 is 0 Å². The van der Waals surface area contributed by atoms with Gasteiger partial charge in [0.05, 0.1) is 12.7 Å². The van der Waals surface area contributed by atoms with Gasteiger partial charge < -0.3 is 14.2 Å².